The number of ether oxygens (including phenoxy) is 3. The van der Waals surface area contributed by atoms with Gasteiger partial charge in [-0.15, -0.1) is 0 Å². The number of hydrogen-bond acceptors (Lipinski definition) is 6. The molecule has 0 aromatic heterocycles. The van der Waals surface area contributed by atoms with Crippen molar-refractivity contribution in [3.8, 4) is 0 Å². The monoisotopic (exact) mass is 398 g/mol. The average molecular weight is 399 g/mol. The van der Waals surface area contributed by atoms with Crippen molar-refractivity contribution >= 4 is 17.5 Å². The highest BCUT2D eigenvalue weighted by atomic mass is 16.6. The summed E-state index contributed by atoms with van der Waals surface area (Å²) in [5, 5.41) is 0. The molecule has 0 N–H and O–H groups in total. The van der Waals surface area contributed by atoms with Crippen LogP contribution >= 0.6 is 0 Å². The van der Waals surface area contributed by atoms with Crippen LogP contribution in [-0.4, -0.2) is 51.1 Å². The van der Waals surface area contributed by atoms with E-state index in [4.69, 9.17) is 14.2 Å². The lowest BCUT2D eigenvalue weighted by molar-refractivity contribution is -0.151. The van der Waals surface area contributed by atoms with Crippen molar-refractivity contribution in [2.24, 2.45) is 23.7 Å². The highest BCUT2D eigenvalue weighted by Crippen LogP contribution is 2.32. The molecule has 0 bridgehead atoms. The van der Waals surface area contributed by atoms with E-state index in [2.05, 4.69) is 0 Å². The van der Waals surface area contributed by atoms with Crippen molar-refractivity contribution in [2.45, 2.75) is 65.7 Å². The van der Waals surface area contributed by atoms with Gasteiger partial charge in [0.15, 0.2) is 0 Å². The number of rotatable bonds is 16. The molecule has 0 aromatic rings. The van der Waals surface area contributed by atoms with Crippen LogP contribution in [0.15, 0.2) is 0 Å². The van der Waals surface area contributed by atoms with Crippen LogP contribution in [0.25, 0.3) is 0 Å². The Balaban J connectivity index is 2.57. The maximum absolute atomic E-state index is 12.6. The highest BCUT2D eigenvalue weighted by Gasteiger charge is 2.31. The smallest absolute Gasteiger partial charge is 0.309 e. The first-order valence-corrected chi connectivity index (χ1v) is 10.6. The zero-order chi connectivity index (χ0) is 20.9. The standard InChI is InChI=1S/C22H38O6/c1-5-19(17(3)23)15-20(22(25)28-12-11-27-10-9-26-4)13-16(2)21(24)14-18-7-6-8-18/h16,18-20H,5-15H2,1-4H3. The Morgan fingerprint density at radius 2 is 1.68 bits per heavy atom. The lowest BCUT2D eigenvalue weighted by Crippen LogP contribution is -2.29. The fourth-order valence-corrected chi connectivity index (χ4v) is 3.56. The van der Waals surface area contributed by atoms with Crippen LogP contribution in [0.1, 0.15) is 65.7 Å². The van der Waals surface area contributed by atoms with Crippen LogP contribution in [0.4, 0.5) is 0 Å². The first kappa shape index (κ1) is 24.8. The zero-order valence-corrected chi connectivity index (χ0v) is 18.0. The number of esters is 1. The van der Waals surface area contributed by atoms with Crippen LogP contribution in [0.2, 0.25) is 0 Å². The van der Waals surface area contributed by atoms with E-state index in [1.54, 1.807) is 14.0 Å². The SMILES string of the molecule is CCC(CC(CC(C)C(=O)CC1CCC1)C(=O)OCCOCCOC)C(C)=O. The number of hydrogen-bond donors (Lipinski definition) is 0. The predicted octanol–water partition coefficient (Wildman–Crippen LogP) is 3.60. The maximum Gasteiger partial charge on any atom is 0.309 e. The summed E-state index contributed by atoms with van der Waals surface area (Å²) in [5.41, 5.74) is 0. The van der Waals surface area contributed by atoms with Crippen molar-refractivity contribution < 1.29 is 28.6 Å². The third-order valence-corrected chi connectivity index (χ3v) is 5.78. The fraction of sp³-hybridized carbons (Fsp3) is 0.864. The number of carbonyl (C=O) groups excluding carboxylic acids is 3. The number of ketones is 2. The van der Waals surface area contributed by atoms with Gasteiger partial charge in [0, 0.05) is 25.4 Å². The van der Waals surface area contributed by atoms with E-state index in [0.29, 0.717) is 51.4 Å². The van der Waals surface area contributed by atoms with E-state index in [1.807, 2.05) is 13.8 Å². The van der Waals surface area contributed by atoms with E-state index >= 15 is 0 Å². The van der Waals surface area contributed by atoms with Crippen molar-refractivity contribution in [3.05, 3.63) is 0 Å². The molecule has 3 unspecified atom stereocenters. The van der Waals surface area contributed by atoms with E-state index in [9.17, 15) is 14.4 Å². The maximum atomic E-state index is 12.6. The number of methoxy groups -OCH3 is 1. The average Bonchev–Trinajstić information content (AvgIpc) is 2.63. The Morgan fingerprint density at radius 3 is 2.21 bits per heavy atom. The first-order chi connectivity index (χ1) is 13.4. The minimum absolute atomic E-state index is 0.0802. The summed E-state index contributed by atoms with van der Waals surface area (Å²) < 4.78 is 15.6. The second-order valence-electron chi connectivity index (χ2n) is 8.03. The van der Waals surface area contributed by atoms with Crippen LogP contribution in [0.5, 0.6) is 0 Å². The normalized spacial score (nSPS) is 17.4. The number of carbonyl (C=O) groups is 3. The van der Waals surface area contributed by atoms with Crippen molar-refractivity contribution in [1.29, 1.82) is 0 Å². The molecule has 0 aromatic carbocycles. The lowest BCUT2D eigenvalue weighted by Gasteiger charge is -2.27. The van der Waals surface area contributed by atoms with E-state index in [1.165, 1.54) is 6.42 Å². The molecule has 6 heteroatoms. The van der Waals surface area contributed by atoms with Crippen molar-refractivity contribution in [2.75, 3.05) is 33.5 Å². The molecule has 0 aliphatic heterocycles. The topological polar surface area (TPSA) is 78.9 Å². The Hall–Kier alpha value is -1.27. The molecule has 1 aliphatic carbocycles. The molecule has 1 saturated carbocycles. The molecule has 1 fully saturated rings. The lowest BCUT2D eigenvalue weighted by atomic mass is 9.78. The first-order valence-electron chi connectivity index (χ1n) is 10.6. The largest absolute Gasteiger partial charge is 0.463 e. The minimum Gasteiger partial charge on any atom is -0.463 e. The molecule has 0 radical (unpaired) electrons. The summed E-state index contributed by atoms with van der Waals surface area (Å²) in [6, 6.07) is 0. The molecule has 28 heavy (non-hydrogen) atoms. The Bertz CT molecular complexity index is 485. The molecule has 0 amide bonds. The van der Waals surface area contributed by atoms with Gasteiger partial charge in [0.1, 0.15) is 18.2 Å². The number of Topliss-reactive ketones (excluding diaryl/α,β-unsaturated/α-hetero) is 2. The molecule has 6 nitrogen and oxygen atoms in total. The second-order valence-corrected chi connectivity index (χ2v) is 8.03. The van der Waals surface area contributed by atoms with Crippen LogP contribution in [-0.2, 0) is 28.6 Å². The molecule has 1 rings (SSSR count). The van der Waals surface area contributed by atoms with E-state index in [-0.39, 0.29) is 36.0 Å². The summed E-state index contributed by atoms with van der Waals surface area (Å²) in [6.45, 7) is 6.82. The Morgan fingerprint density at radius 1 is 1.00 bits per heavy atom. The predicted molar refractivity (Wildman–Crippen MR) is 107 cm³/mol. The van der Waals surface area contributed by atoms with Gasteiger partial charge in [-0.1, -0.05) is 33.1 Å². The van der Waals surface area contributed by atoms with Crippen molar-refractivity contribution in [1.82, 2.24) is 0 Å². The summed E-state index contributed by atoms with van der Waals surface area (Å²) in [6.07, 6.45) is 5.66. The summed E-state index contributed by atoms with van der Waals surface area (Å²) in [4.78, 5) is 37.0. The Kier molecular flexibility index (Phi) is 12.2. The molecule has 0 spiro atoms. The third-order valence-electron chi connectivity index (χ3n) is 5.78. The quantitative estimate of drug-likeness (QED) is 0.292. The third kappa shape index (κ3) is 9.28. The molecular weight excluding hydrogens is 360 g/mol. The fourth-order valence-electron chi connectivity index (χ4n) is 3.56. The summed E-state index contributed by atoms with van der Waals surface area (Å²) in [7, 11) is 1.60. The van der Waals surface area contributed by atoms with Gasteiger partial charge in [-0.3, -0.25) is 14.4 Å². The van der Waals surface area contributed by atoms with Gasteiger partial charge in [0.25, 0.3) is 0 Å². The minimum atomic E-state index is -0.437. The summed E-state index contributed by atoms with van der Waals surface area (Å²) >= 11 is 0. The van der Waals surface area contributed by atoms with Crippen molar-refractivity contribution in [3.63, 3.8) is 0 Å². The van der Waals surface area contributed by atoms with Gasteiger partial charge in [0.05, 0.1) is 25.7 Å². The molecule has 0 saturated heterocycles. The van der Waals surface area contributed by atoms with E-state index in [0.717, 1.165) is 12.8 Å². The van der Waals surface area contributed by atoms with Crippen LogP contribution < -0.4 is 0 Å². The molecule has 3 atom stereocenters. The molecular formula is C22H38O6. The second kappa shape index (κ2) is 13.8. The van der Waals surface area contributed by atoms with Gasteiger partial charge in [-0.2, -0.15) is 0 Å². The van der Waals surface area contributed by atoms with Crippen LogP contribution in [0.3, 0.4) is 0 Å². The zero-order valence-electron chi connectivity index (χ0n) is 18.0. The van der Waals surface area contributed by atoms with Gasteiger partial charge in [-0.25, -0.2) is 0 Å². The molecule has 1 aliphatic rings. The van der Waals surface area contributed by atoms with E-state index < -0.39 is 5.92 Å². The highest BCUT2D eigenvalue weighted by molar-refractivity contribution is 5.82. The van der Waals surface area contributed by atoms with Gasteiger partial charge < -0.3 is 14.2 Å². The Labute approximate surface area is 169 Å². The summed E-state index contributed by atoms with van der Waals surface area (Å²) in [5.74, 6) is -0.320. The molecule has 162 valence electrons. The van der Waals surface area contributed by atoms with Gasteiger partial charge in [0.2, 0.25) is 0 Å². The molecule has 0 heterocycles. The van der Waals surface area contributed by atoms with Gasteiger partial charge in [-0.05, 0) is 32.1 Å². The van der Waals surface area contributed by atoms with Crippen LogP contribution in [0, 0.1) is 23.7 Å². The van der Waals surface area contributed by atoms with Gasteiger partial charge >= 0.3 is 5.97 Å².